The Labute approximate surface area is 741 Å². The summed E-state index contributed by atoms with van der Waals surface area (Å²) in [5, 5.41) is 60.6. The number of amides is 6. The molecule has 0 bridgehead atoms. The van der Waals surface area contributed by atoms with E-state index in [4.69, 9.17) is 54.8 Å². The third kappa shape index (κ3) is 38.4. The van der Waals surface area contributed by atoms with Gasteiger partial charge in [-0.3, -0.25) is 43.6 Å². The first-order valence-corrected chi connectivity index (χ1v) is 43.7. The van der Waals surface area contributed by atoms with Gasteiger partial charge in [-0.15, -0.1) is 22.4 Å². The summed E-state index contributed by atoms with van der Waals surface area (Å²) in [6.45, 7) is 12.2. The van der Waals surface area contributed by atoms with Crippen LogP contribution in [0.4, 0.5) is 5.69 Å². The van der Waals surface area contributed by atoms with Crippen molar-refractivity contribution < 1.29 is 106 Å². The average molecular weight is 1850 g/mol. The second-order valence-electron chi connectivity index (χ2n) is 30.0. The van der Waals surface area contributed by atoms with Crippen LogP contribution in [0, 0.1) is 5.92 Å². The molecule has 3 atom stereocenters. The molecule has 0 spiro atoms. The molecule has 35 nitrogen and oxygen atoms in total. The predicted octanol–water partition coefficient (Wildman–Crippen LogP) is 5.48. The van der Waals surface area contributed by atoms with Crippen LogP contribution in [0.3, 0.4) is 0 Å². The molecular formula is C86H117BIN13O22S. The number of halogens is 1. The van der Waals surface area contributed by atoms with Crippen LogP contribution in [0.15, 0.2) is 109 Å². The van der Waals surface area contributed by atoms with Crippen LogP contribution >= 0.6 is 34.6 Å². The van der Waals surface area contributed by atoms with E-state index in [1.165, 1.54) is 23.9 Å². The number of hydrogen-bond acceptors (Lipinski definition) is 25. The number of aromatic carboxylic acids is 2. The van der Waals surface area contributed by atoms with Gasteiger partial charge in [-0.25, -0.2) is 24.4 Å². The molecule has 6 amide bonds. The highest BCUT2D eigenvalue weighted by atomic mass is 127. The molecule has 0 saturated carbocycles. The summed E-state index contributed by atoms with van der Waals surface area (Å²) >= 11 is 7.51. The van der Waals surface area contributed by atoms with Gasteiger partial charge in [0.25, 0.3) is 11.8 Å². The third-order valence-electron chi connectivity index (χ3n) is 19.9. The van der Waals surface area contributed by atoms with Crippen LogP contribution in [0.1, 0.15) is 131 Å². The van der Waals surface area contributed by atoms with E-state index in [-0.39, 0.29) is 121 Å². The minimum Gasteiger partial charge on any atom is -0.493 e. The smallest absolute Gasteiger partial charge is 0.386 e. The lowest BCUT2D eigenvalue weighted by molar-refractivity contribution is -0.142. The van der Waals surface area contributed by atoms with Crippen molar-refractivity contribution in [3.63, 3.8) is 0 Å². The molecule has 674 valence electrons. The molecule has 8 rings (SSSR count). The van der Waals surface area contributed by atoms with Gasteiger partial charge in [0.15, 0.2) is 17.4 Å². The molecular weight excluding hydrogens is 1740 g/mol. The molecule has 11 N–H and O–H groups in total. The number of carbonyl (C=O) groups excluding carboxylic acids is 6. The molecule has 38 heteroatoms. The Kier molecular flexibility index (Phi) is 45.3. The fourth-order valence-corrected chi connectivity index (χ4v) is 14.4. The van der Waals surface area contributed by atoms with Gasteiger partial charge < -0.3 is 105 Å². The molecule has 2 fully saturated rings. The summed E-state index contributed by atoms with van der Waals surface area (Å²) < 4.78 is 51.6. The molecule has 5 heterocycles. The number of aliphatic carboxylic acids is 1. The molecule has 2 saturated heterocycles. The van der Waals surface area contributed by atoms with E-state index in [9.17, 15) is 63.5 Å². The van der Waals surface area contributed by atoms with Crippen molar-refractivity contribution in [2.24, 2.45) is 5.92 Å². The zero-order chi connectivity index (χ0) is 88.6. The largest absolute Gasteiger partial charge is 0.493 e. The summed E-state index contributed by atoms with van der Waals surface area (Å²) in [6.07, 6.45) is 6.52. The van der Waals surface area contributed by atoms with Crippen molar-refractivity contribution in [1.29, 1.82) is 0 Å². The summed E-state index contributed by atoms with van der Waals surface area (Å²) in [5.41, 5.74) is 5.44. The van der Waals surface area contributed by atoms with Crippen LogP contribution in [0.5, 0.6) is 11.5 Å². The Hall–Kier alpha value is -9.72. The van der Waals surface area contributed by atoms with Gasteiger partial charge in [0.05, 0.1) is 135 Å². The maximum Gasteiger partial charge on any atom is 0.386 e. The number of hydrogen-bond donors (Lipinski definition) is 11. The Bertz CT molecular complexity index is 4340. The minimum absolute atomic E-state index is 0.000848. The van der Waals surface area contributed by atoms with Crippen molar-refractivity contribution in [3.8, 4) is 11.5 Å². The topological polar surface area (TPSA) is 450 Å². The number of nitrogens with one attached hydrogen (secondary N) is 7. The first-order valence-electron chi connectivity index (χ1n) is 42.1. The van der Waals surface area contributed by atoms with Crippen LogP contribution in [0.25, 0.3) is 10.9 Å². The molecule has 124 heavy (non-hydrogen) atoms. The summed E-state index contributed by atoms with van der Waals surface area (Å²) in [6, 6.07) is 27.6. The van der Waals surface area contributed by atoms with Crippen molar-refractivity contribution in [2.75, 3.05) is 170 Å². The quantitative estimate of drug-likeness (QED) is 0.00975. The molecule has 2 aliphatic heterocycles. The van der Waals surface area contributed by atoms with Crippen molar-refractivity contribution in [1.82, 2.24) is 61.6 Å². The predicted molar refractivity (Wildman–Crippen MR) is 473 cm³/mol. The normalized spacial score (nSPS) is 15.1. The second kappa shape index (κ2) is 56.3. The number of likely N-dealkylation sites (tertiary alicyclic amines) is 1. The number of fused-ring (bicyclic) bond motifs is 1. The molecule has 3 aromatic heterocycles. The van der Waals surface area contributed by atoms with Gasteiger partial charge >= 0.3 is 22.7 Å². The molecule has 0 aliphatic carbocycles. The minimum atomic E-state index is -1.26. The SMILES string of the molecule is CC(C)Cc1ccc(CC(=O)NCCCC[C@H](NC(=O)[C@H](CCCCNC(=S)Nc2ccc(CCOc3cc(CN4CCOCCOCCN(Cc5cccc(C(=O)O)n5)CCOCCOCC4)nc(C(=O)O)c3)cc2)NC(=O)CCOCCOCCOCCNC(=O)COc2ccc3c(C(=O)NCC(=O)N4CCC[C@H]4B(O)I)ccnc3c2)C(=O)O)cc1. The highest BCUT2D eigenvalue weighted by Crippen LogP contribution is 2.25. The average Bonchev–Trinajstić information content (AvgIpc) is 0.885. The van der Waals surface area contributed by atoms with Gasteiger partial charge in [0.2, 0.25) is 23.6 Å². The fraction of sp³-hybridized carbons (Fsp3) is 0.523. The van der Waals surface area contributed by atoms with Crippen molar-refractivity contribution in [2.45, 2.75) is 122 Å². The van der Waals surface area contributed by atoms with Crippen LogP contribution in [-0.2, 0) is 94.3 Å². The summed E-state index contributed by atoms with van der Waals surface area (Å²) in [7, 11) is 0. The van der Waals surface area contributed by atoms with Gasteiger partial charge in [-0.1, -0.05) is 56.3 Å². The Balaban J connectivity index is 0.715. The van der Waals surface area contributed by atoms with Crippen molar-refractivity contribution in [3.05, 3.63) is 154 Å². The third-order valence-corrected chi connectivity index (χ3v) is 21.0. The Morgan fingerprint density at radius 3 is 1.83 bits per heavy atom. The first kappa shape index (κ1) is 99.7. The number of nitrogens with zero attached hydrogens (tertiary/aromatic N) is 6. The fourth-order valence-electron chi connectivity index (χ4n) is 13.4. The van der Waals surface area contributed by atoms with E-state index in [0.29, 0.717) is 206 Å². The number of pyridine rings is 3. The highest BCUT2D eigenvalue weighted by molar-refractivity contribution is 14.1. The van der Waals surface area contributed by atoms with E-state index in [0.717, 1.165) is 24.0 Å². The summed E-state index contributed by atoms with van der Waals surface area (Å²) in [4.78, 5) is 134. The standard InChI is InChI=1S/C86H117BIN13O22S/c1-60(2)51-62-14-16-63(17-15-62)52-78(103)90-27-5-4-11-73(84(110)111)98-82(107)71(97-77(102)26-36-115-43-49-121-50-44-116-38-30-91-79(104)59-123-67-22-23-69-70(24-29-89-74(69)54-67)81(106)93-56-80(105)101-31-8-13-76(101)87(88)114)10-3-6-28-92-86(124)96-64-20-18-61(19-21-64)25-37-122-68-53-66(95-75(55-68)85(112)113)58-100-34-41-119-47-45-117-39-32-99(33-40-118-46-48-120-42-35-100)57-65-9-7-12-72(94-65)83(108)109/h7,9,12,14-24,29,53-55,60,71,73,76,114H,3-6,8,10-11,13,25-28,30-52,56-59H2,1-2H3,(H,90,103)(H,91,104)(H,93,106)(H,97,102)(H,98,107)(H,108,109)(H,110,111)(H,112,113)(H2,92,96,124)/t71-,73-,76-/m0/s1. The second-order valence-corrected chi connectivity index (χ2v) is 31.7. The molecule has 0 unspecified atom stereocenters. The highest BCUT2D eigenvalue weighted by Gasteiger charge is 2.36. The van der Waals surface area contributed by atoms with E-state index in [1.807, 2.05) is 70.9 Å². The zero-order valence-corrected chi connectivity index (χ0v) is 73.4. The van der Waals surface area contributed by atoms with Gasteiger partial charge in [-0.05, 0) is 135 Å². The molecule has 3 aromatic carbocycles. The molecule has 6 aromatic rings. The van der Waals surface area contributed by atoms with Gasteiger partial charge in [0.1, 0.15) is 29.3 Å². The Morgan fingerprint density at radius 2 is 1.19 bits per heavy atom. The van der Waals surface area contributed by atoms with E-state index in [1.54, 1.807) is 47.4 Å². The first-order chi connectivity index (χ1) is 60.0. The lowest BCUT2D eigenvalue weighted by Gasteiger charge is -2.24. The Morgan fingerprint density at radius 1 is 0.581 bits per heavy atom. The van der Waals surface area contributed by atoms with E-state index < -0.39 is 58.4 Å². The van der Waals surface area contributed by atoms with Crippen LogP contribution in [-0.4, -0.2) is 296 Å². The van der Waals surface area contributed by atoms with E-state index >= 15 is 0 Å². The zero-order valence-electron chi connectivity index (χ0n) is 70.5. The number of ether oxygens (including phenoxy) is 9. The van der Waals surface area contributed by atoms with Crippen molar-refractivity contribution >= 4 is 114 Å². The molecule has 0 radical (unpaired) electrons. The lowest BCUT2D eigenvalue weighted by Crippen LogP contribution is -2.51. The molecule has 2 aliphatic rings. The maximum atomic E-state index is 13.9. The van der Waals surface area contributed by atoms with Crippen LogP contribution in [0.2, 0.25) is 0 Å². The monoisotopic (exact) mass is 1850 g/mol. The number of thiocarbonyl (C=S) groups is 1. The van der Waals surface area contributed by atoms with Gasteiger partial charge in [0, 0.05) is 120 Å². The van der Waals surface area contributed by atoms with E-state index in [2.05, 4.69) is 75.8 Å². The number of anilines is 1. The number of rotatable bonds is 48. The summed E-state index contributed by atoms with van der Waals surface area (Å²) in [5.74, 6) is -5.04. The lowest BCUT2D eigenvalue weighted by atomic mass is 9.86. The van der Waals surface area contributed by atoms with Gasteiger partial charge in [-0.2, -0.15) is 0 Å². The van der Waals surface area contributed by atoms with Crippen LogP contribution < -0.4 is 46.7 Å². The number of unbranched alkanes of at least 4 members (excludes halogenated alkanes) is 2. The number of benzene rings is 3. The number of carboxylic acid groups (broad SMARTS) is 3. The number of carbonyl (C=O) groups is 9. The number of aromatic nitrogens is 3. The number of carboxylic acids is 3. The maximum absolute atomic E-state index is 13.9.